The highest BCUT2D eigenvalue weighted by molar-refractivity contribution is 5.99. The summed E-state index contributed by atoms with van der Waals surface area (Å²) in [5, 5.41) is 12.4. The van der Waals surface area contributed by atoms with Gasteiger partial charge < -0.3 is 19.4 Å². The summed E-state index contributed by atoms with van der Waals surface area (Å²) in [5.41, 5.74) is 2.60. The smallest absolute Gasteiger partial charge is 0.349 e. The molecular formula is C24H33N3O4. The Hall–Kier alpha value is -2.59. The lowest BCUT2D eigenvalue weighted by Crippen LogP contribution is -2.42. The van der Waals surface area contributed by atoms with Crippen LogP contribution in [-0.2, 0) is 25.6 Å². The maximum atomic E-state index is 12.4. The Kier molecular flexibility index (Phi) is 7.55. The number of carbonyl (C=O) groups excluding carboxylic acids is 2. The van der Waals surface area contributed by atoms with Crippen LogP contribution in [0.15, 0.2) is 11.6 Å². The van der Waals surface area contributed by atoms with Crippen molar-refractivity contribution in [2.45, 2.75) is 59.0 Å². The minimum atomic E-state index is -0.785. The number of nitriles is 1. The summed E-state index contributed by atoms with van der Waals surface area (Å²) in [5.74, 6) is 0.928. The Morgan fingerprint density at radius 2 is 2.13 bits per heavy atom. The predicted molar refractivity (Wildman–Crippen MR) is 117 cm³/mol. The molecule has 2 saturated carbocycles. The highest BCUT2D eigenvalue weighted by atomic mass is 16.5. The number of ether oxygens (including phenoxy) is 2. The first kappa shape index (κ1) is 23.1. The fourth-order valence-corrected chi connectivity index (χ4v) is 5.31. The molecule has 3 rings (SSSR count). The second-order valence-electron chi connectivity index (χ2n) is 8.91. The minimum Gasteiger partial charge on any atom is -0.451 e. The lowest BCUT2D eigenvalue weighted by Gasteiger charge is -2.28. The van der Waals surface area contributed by atoms with Crippen LogP contribution in [0.3, 0.4) is 0 Å². The number of aryl methyl sites for hydroxylation is 1. The topological polar surface area (TPSA) is 93.3 Å². The maximum Gasteiger partial charge on any atom is 0.349 e. The molecule has 0 saturated heterocycles. The van der Waals surface area contributed by atoms with E-state index in [0.29, 0.717) is 25.0 Å². The molecule has 4 unspecified atom stereocenters. The number of methoxy groups -OCH3 is 1. The summed E-state index contributed by atoms with van der Waals surface area (Å²) >= 11 is 0. The van der Waals surface area contributed by atoms with E-state index in [0.717, 1.165) is 22.9 Å². The fourth-order valence-electron chi connectivity index (χ4n) is 5.31. The fraction of sp³-hybridized carbons (Fsp3) is 0.625. The van der Waals surface area contributed by atoms with Gasteiger partial charge in [-0.05, 0) is 75.5 Å². The molecule has 4 atom stereocenters. The molecule has 2 aliphatic rings. The van der Waals surface area contributed by atoms with Crippen molar-refractivity contribution >= 4 is 18.0 Å². The number of nitrogens with zero attached hydrogens (tertiary/aromatic N) is 2. The van der Waals surface area contributed by atoms with Crippen LogP contribution in [0.25, 0.3) is 6.08 Å². The lowest BCUT2D eigenvalue weighted by atomic mass is 9.84. The third-order valence-corrected chi connectivity index (χ3v) is 6.93. The van der Waals surface area contributed by atoms with Crippen molar-refractivity contribution in [3.63, 3.8) is 0 Å². The van der Waals surface area contributed by atoms with E-state index in [1.807, 2.05) is 32.9 Å². The van der Waals surface area contributed by atoms with Crippen LogP contribution in [0.1, 0.15) is 49.6 Å². The summed E-state index contributed by atoms with van der Waals surface area (Å²) in [6, 6.07) is 3.89. The van der Waals surface area contributed by atoms with E-state index in [9.17, 15) is 14.9 Å². The van der Waals surface area contributed by atoms with Gasteiger partial charge in [-0.25, -0.2) is 4.79 Å². The molecule has 1 aromatic rings. The zero-order valence-electron chi connectivity index (χ0n) is 18.9. The molecule has 1 aromatic heterocycles. The lowest BCUT2D eigenvalue weighted by molar-refractivity contribution is -0.144. The van der Waals surface area contributed by atoms with Crippen molar-refractivity contribution in [3.05, 3.63) is 28.6 Å². The first-order chi connectivity index (χ1) is 14.8. The second-order valence-corrected chi connectivity index (χ2v) is 8.91. The number of rotatable bonds is 9. The normalized spacial score (nSPS) is 23.5. The third kappa shape index (κ3) is 5.37. The number of nitrogens with one attached hydrogen (secondary N) is 1. The average Bonchev–Trinajstić information content (AvgIpc) is 3.44. The number of hydrogen-bond acceptors (Lipinski definition) is 5. The van der Waals surface area contributed by atoms with Gasteiger partial charge in [0.2, 0.25) is 0 Å². The quantitative estimate of drug-likeness (QED) is 0.371. The van der Waals surface area contributed by atoms with Gasteiger partial charge >= 0.3 is 5.97 Å². The first-order valence-electron chi connectivity index (χ1n) is 11.1. The van der Waals surface area contributed by atoms with E-state index in [2.05, 4.69) is 9.88 Å². The van der Waals surface area contributed by atoms with Crippen molar-refractivity contribution < 1.29 is 19.1 Å². The molecule has 0 radical (unpaired) electrons. The van der Waals surface area contributed by atoms with Crippen LogP contribution < -0.4 is 5.32 Å². The summed E-state index contributed by atoms with van der Waals surface area (Å²) in [4.78, 5) is 24.7. The summed E-state index contributed by atoms with van der Waals surface area (Å²) in [7, 11) is 1.65. The first-order valence-corrected chi connectivity index (χ1v) is 11.1. The molecule has 168 valence electrons. The van der Waals surface area contributed by atoms with Gasteiger partial charge in [-0.1, -0.05) is 6.42 Å². The molecule has 1 N–H and O–H groups in total. The highest BCUT2D eigenvalue weighted by Crippen LogP contribution is 2.49. The molecule has 0 aromatic carbocycles. The van der Waals surface area contributed by atoms with E-state index >= 15 is 0 Å². The molecule has 0 spiro atoms. The van der Waals surface area contributed by atoms with Gasteiger partial charge in [0.05, 0.1) is 6.61 Å². The van der Waals surface area contributed by atoms with Gasteiger partial charge in [-0.2, -0.15) is 5.26 Å². The molecule has 31 heavy (non-hydrogen) atoms. The molecule has 7 heteroatoms. The predicted octanol–water partition coefficient (Wildman–Crippen LogP) is 3.14. The highest BCUT2D eigenvalue weighted by Gasteiger charge is 2.42. The largest absolute Gasteiger partial charge is 0.451 e. The Balaban J connectivity index is 1.55. The van der Waals surface area contributed by atoms with Crippen molar-refractivity contribution in [2.24, 2.45) is 17.8 Å². The average molecular weight is 428 g/mol. The number of carbonyl (C=O) groups is 2. The van der Waals surface area contributed by atoms with Gasteiger partial charge in [-0.15, -0.1) is 0 Å². The van der Waals surface area contributed by atoms with Crippen LogP contribution in [0.4, 0.5) is 0 Å². The van der Waals surface area contributed by atoms with Gasteiger partial charge in [0.15, 0.2) is 6.61 Å². The number of amides is 1. The van der Waals surface area contributed by atoms with Gasteiger partial charge in [0.25, 0.3) is 5.91 Å². The zero-order chi connectivity index (χ0) is 22.5. The van der Waals surface area contributed by atoms with E-state index in [4.69, 9.17) is 9.47 Å². The van der Waals surface area contributed by atoms with Gasteiger partial charge in [0, 0.05) is 31.1 Å². The van der Waals surface area contributed by atoms with Crippen molar-refractivity contribution in [1.82, 2.24) is 9.88 Å². The van der Waals surface area contributed by atoms with Crippen LogP contribution in [-0.4, -0.2) is 42.8 Å². The van der Waals surface area contributed by atoms with Crippen molar-refractivity contribution in [2.75, 3.05) is 20.3 Å². The molecule has 1 heterocycles. The van der Waals surface area contributed by atoms with Crippen molar-refractivity contribution in [3.8, 4) is 6.07 Å². The molecule has 2 bridgehead atoms. The Labute approximate surface area is 184 Å². The van der Waals surface area contributed by atoms with E-state index in [-0.39, 0.29) is 24.1 Å². The molecule has 0 aliphatic heterocycles. The number of aromatic nitrogens is 1. The van der Waals surface area contributed by atoms with Gasteiger partial charge in [0.1, 0.15) is 11.6 Å². The summed E-state index contributed by atoms with van der Waals surface area (Å²) in [6.45, 7) is 6.81. The SMILES string of the molecule is COCCn1c(C)cc(/C=C(\C#N)C(=O)OCC(=O)NC(C)C2CC3CCC2C3)c1C. The number of fused-ring (bicyclic) bond motifs is 2. The van der Waals surface area contributed by atoms with E-state index in [1.54, 1.807) is 7.11 Å². The summed E-state index contributed by atoms with van der Waals surface area (Å²) in [6.07, 6.45) is 6.55. The minimum absolute atomic E-state index is 0.0740. The zero-order valence-corrected chi connectivity index (χ0v) is 18.9. The molecular weight excluding hydrogens is 394 g/mol. The molecule has 1 amide bonds. The monoisotopic (exact) mass is 427 g/mol. The number of esters is 1. The van der Waals surface area contributed by atoms with Gasteiger partial charge in [-0.3, -0.25) is 4.79 Å². The van der Waals surface area contributed by atoms with Crippen molar-refractivity contribution in [1.29, 1.82) is 5.26 Å². The maximum absolute atomic E-state index is 12.4. The second kappa shape index (κ2) is 10.1. The molecule has 7 nitrogen and oxygen atoms in total. The molecule has 2 aliphatic carbocycles. The van der Waals surface area contributed by atoms with Crippen LogP contribution in [0.5, 0.6) is 0 Å². The van der Waals surface area contributed by atoms with Crippen LogP contribution in [0, 0.1) is 42.9 Å². The summed E-state index contributed by atoms with van der Waals surface area (Å²) < 4.78 is 12.3. The van der Waals surface area contributed by atoms with Crippen LogP contribution in [0.2, 0.25) is 0 Å². The number of hydrogen-bond donors (Lipinski definition) is 1. The van der Waals surface area contributed by atoms with E-state index < -0.39 is 5.97 Å². The standard InChI is InChI=1S/C24H33N3O4/c1-15-9-20(17(3)27(15)7-8-30-4)12-21(13-25)24(29)31-14-23(28)26-16(2)22-11-18-5-6-19(22)10-18/h9,12,16,18-19,22H,5-8,10-11,14H2,1-4H3,(H,26,28)/b21-12+. The Bertz CT molecular complexity index is 895. The Morgan fingerprint density at radius 3 is 2.74 bits per heavy atom. The molecule has 2 fully saturated rings. The Morgan fingerprint density at radius 1 is 1.35 bits per heavy atom. The third-order valence-electron chi connectivity index (χ3n) is 6.93. The van der Waals surface area contributed by atoms with Crippen LogP contribution >= 0.6 is 0 Å². The van der Waals surface area contributed by atoms with E-state index in [1.165, 1.54) is 31.8 Å².